The third kappa shape index (κ3) is 22.8. The molecule has 4 amide bonds. The summed E-state index contributed by atoms with van der Waals surface area (Å²) in [5, 5.41) is 19.9. The fraction of sp³-hybridized carbons (Fsp3) is 0.588. The van der Waals surface area contributed by atoms with Crippen molar-refractivity contribution in [3.8, 4) is 0 Å². The van der Waals surface area contributed by atoms with Gasteiger partial charge >= 0.3 is 29.8 Å². The number of fused-ring (bicyclic) bond motifs is 1. The quantitative estimate of drug-likeness (QED) is 0.0499. The average Bonchev–Trinajstić information content (AvgIpc) is 3.26. The van der Waals surface area contributed by atoms with E-state index in [-0.39, 0.29) is 60.7 Å². The number of carboxylic acids is 1. The molecule has 0 fully saturated rings. The molecular weight excluding hydrogens is 991 g/mol. The van der Waals surface area contributed by atoms with Gasteiger partial charge in [0.15, 0.2) is 17.0 Å². The molecule has 0 aliphatic rings. The number of nitrogens with zero attached hydrogens (tertiary/aromatic N) is 5. The minimum atomic E-state index is -1.63. The van der Waals surface area contributed by atoms with Gasteiger partial charge in [0, 0.05) is 44.0 Å². The van der Waals surface area contributed by atoms with Gasteiger partial charge in [0.1, 0.15) is 46.6 Å². The highest BCUT2D eigenvalue weighted by molar-refractivity contribution is 5.98. The summed E-state index contributed by atoms with van der Waals surface area (Å²) in [7, 11) is 1.79. The van der Waals surface area contributed by atoms with E-state index in [1.807, 2.05) is 4.90 Å². The molecule has 25 heteroatoms. The minimum absolute atomic E-state index is 0.0329. The molecule has 9 N–H and O–H groups in total. The van der Waals surface area contributed by atoms with Crippen LogP contribution in [-0.4, -0.2) is 132 Å². The molecule has 0 saturated heterocycles. The number of hydrogen-bond acceptors (Lipinski definition) is 20. The number of nitrogens with two attached hydrogens (primary N) is 2. The maximum absolute atomic E-state index is 14.2. The Morgan fingerprint density at radius 3 is 1.50 bits per heavy atom. The van der Waals surface area contributed by atoms with Gasteiger partial charge in [0.05, 0.1) is 18.4 Å². The van der Waals surface area contributed by atoms with E-state index in [9.17, 15) is 48.3 Å². The Morgan fingerprint density at radius 2 is 1.03 bits per heavy atom. The van der Waals surface area contributed by atoms with Gasteiger partial charge in [-0.05, 0) is 133 Å². The third-order valence-electron chi connectivity index (χ3n) is 10.2. The number of ether oxygens (including phenoxy) is 4. The van der Waals surface area contributed by atoms with Crippen molar-refractivity contribution in [2.75, 3.05) is 23.4 Å². The molecule has 0 aliphatic carbocycles. The fourth-order valence-corrected chi connectivity index (χ4v) is 6.97. The first kappa shape index (κ1) is 62.6. The standard InChI is InChI=1S/C51H75N11O14/c1-48(2,3)73-36(64)23-19-31(43(68)57-32(20-24-37(65)74-49(4,5)6)44(69)58-33(45(70)71)21-25-38(66)75-50(7,8)9)56-35(63)22-18-34(46(72)76-51(10,11)12)59-42(67)28-14-16-30(17-15-28)62(13)27-29-26-54-41-39(55-29)40(52)60-47(53)61-41/h14-17,26,31-34H,18-25,27H2,1-13H3,(H,56,63)(H,57,68)(H,58,69)(H,59,67)(H,70,71)(H4,52,53,54,60,61)/t31-,32-,33-,34-/m0/s1. The molecule has 25 nitrogen and oxygen atoms in total. The van der Waals surface area contributed by atoms with Crippen LogP contribution in [0.5, 0.6) is 0 Å². The van der Waals surface area contributed by atoms with E-state index < -0.39 is 126 Å². The molecule has 3 rings (SSSR count). The van der Waals surface area contributed by atoms with Gasteiger partial charge in [-0.1, -0.05) is 0 Å². The van der Waals surface area contributed by atoms with Crippen LogP contribution in [0, 0.1) is 0 Å². The lowest BCUT2D eigenvalue weighted by Gasteiger charge is -2.26. The highest BCUT2D eigenvalue weighted by Gasteiger charge is 2.33. The largest absolute Gasteiger partial charge is 0.480 e. The van der Waals surface area contributed by atoms with Gasteiger partial charge in [-0.25, -0.2) is 19.6 Å². The zero-order valence-electron chi connectivity index (χ0n) is 45.7. The van der Waals surface area contributed by atoms with E-state index in [0.717, 1.165) is 0 Å². The summed E-state index contributed by atoms with van der Waals surface area (Å²) in [6.45, 7) is 19.8. The molecule has 3 aromatic rings. The fourth-order valence-electron chi connectivity index (χ4n) is 6.97. The van der Waals surface area contributed by atoms with Gasteiger partial charge in [0.2, 0.25) is 23.7 Å². The number of carboxylic acid groups (broad SMARTS) is 1. The summed E-state index contributed by atoms with van der Waals surface area (Å²) in [6.07, 6.45) is -1.66. The first-order valence-electron chi connectivity index (χ1n) is 24.7. The topological polar surface area (TPSA) is 366 Å². The van der Waals surface area contributed by atoms with Crippen molar-refractivity contribution in [2.45, 2.75) is 188 Å². The number of amides is 4. The van der Waals surface area contributed by atoms with Gasteiger partial charge < -0.3 is 61.7 Å². The molecule has 2 heterocycles. The Labute approximate surface area is 442 Å². The van der Waals surface area contributed by atoms with E-state index >= 15 is 0 Å². The summed E-state index contributed by atoms with van der Waals surface area (Å²) in [6, 6.07) is 0.218. The van der Waals surface area contributed by atoms with Gasteiger partial charge in [-0.3, -0.25) is 33.6 Å². The van der Waals surface area contributed by atoms with Crippen molar-refractivity contribution in [3.05, 3.63) is 41.7 Å². The average molecular weight is 1070 g/mol. The molecule has 1 aromatic carbocycles. The molecule has 76 heavy (non-hydrogen) atoms. The molecule has 0 saturated carbocycles. The van der Waals surface area contributed by atoms with Crippen LogP contribution in [0.3, 0.4) is 0 Å². The van der Waals surface area contributed by atoms with Crippen LogP contribution in [0.15, 0.2) is 30.5 Å². The number of esters is 4. The molecule has 0 bridgehead atoms. The second-order valence-corrected chi connectivity index (χ2v) is 22.0. The van der Waals surface area contributed by atoms with E-state index in [1.165, 1.54) is 18.3 Å². The predicted octanol–water partition coefficient (Wildman–Crippen LogP) is 3.35. The van der Waals surface area contributed by atoms with Crippen molar-refractivity contribution >= 4 is 82.1 Å². The molecule has 0 unspecified atom stereocenters. The van der Waals surface area contributed by atoms with E-state index in [1.54, 1.807) is 102 Å². The van der Waals surface area contributed by atoms with Crippen molar-refractivity contribution in [1.29, 1.82) is 0 Å². The predicted molar refractivity (Wildman–Crippen MR) is 277 cm³/mol. The van der Waals surface area contributed by atoms with Crippen LogP contribution in [-0.2, 0) is 63.8 Å². The second kappa shape index (κ2) is 26.7. The van der Waals surface area contributed by atoms with Gasteiger partial charge in [0.25, 0.3) is 5.91 Å². The number of hydrogen-bond donors (Lipinski definition) is 7. The van der Waals surface area contributed by atoms with Crippen LogP contribution in [0.25, 0.3) is 11.2 Å². The Balaban J connectivity index is 1.84. The van der Waals surface area contributed by atoms with E-state index in [4.69, 9.17) is 30.4 Å². The molecular formula is C51H75N11O14. The van der Waals surface area contributed by atoms with Gasteiger partial charge in [-0.2, -0.15) is 9.97 Å². The normalized spacial score (nSPS) is 13.4. The lowest BCUT2D eigenvalue weighted by molar-refractivity contribution is -0.158. The van der Waals surface area contributed by atoms with Crippen molar-refractivity contribution in [3.63, 3.8) is 0 Å². The number of anilines is 3. The maximum atomic E-state index is 14.2. The van der Waals surface area contributed by atoms with Crippen molar-refractivity contribution < 1.29 is 67.2 Å². The van der Waals surface area contributed by atoms with E-state index in [2.05, 4.69) is 41.2 Å². The number of carbonyl (C=O) groups excluding carboxylic acids is 8. The Bertz CT molecular complexity index is 2580. The number of nitrogen functional groups attached to an aromatic ring is 2. The zero-order valence-corrected chi connectivity index (χ0v) is 45.7. The monoisotopic (exact) mass is 1070 g/mol. The highest BCUT2D eigenvalue weighted by Crippen LogP contribution is 2.21. The maximum Gasteiger partial charge on any atom is 0.329 e. The Morgan fingerprint density at radius 1 is 0.579 bits per heavy atom. The Hall–Kier alpha value is -7.73. The summed E-state index contributed by atoms with van der Waals surface area (Å²) in [4.78, 5) is 138. The number of nitrogens with one attached hydrogen (secondary N) is 4. The van der Waals surface area contributed by atoms with Crippen LogP contribution < -0.4 is 37.6 Å². The number of rotatable bonds is 24. The minimum Gasteiger partial charge on any atom is -0.480 e. The number of carbonyl (C=O) groups is 9. The van der Waals surface area contributed by atoms with E-state index in [0.29, 0.717) is 11.4 Å². The van der Waals surface area contributed by atoms with Crippen LogP contribution in [0.2, 0.25) is 0 Å². The smallest absolute Gasteiger partial charge is 0.329 e. The first-order valence-corrected chi connectivity index (χ1v) is 24.7. The summed E-state index contributed by atoms with van der Waals surface area (Å²) in [5.74, 6) is -8.07. The van der Waals surface area contributed by atoms with Crippen LogP contribution >= 0.6 is 0 Å². The van der Waals surface area contributed by atoms with Crippen LogP contribution in [0.4, 0.5) is 17.5 Å². The SMILES string of the molecule is CN(Cc1cnc2nc(N)nc(N)c2n1)c1ccc(C(=O)N[C@@H](CCC(=O)N[C@@H](CCC(=O)OC(C)(C)C)C(=O)N[C@@H](CCC(=O)OC(C)(C)C)C(=O)N[C@@H](CCC(=O)OC(C)(C)C)C(=O)O)C(=O)OC(C)(C)C)cc1. The first-order chi connectivity index (χ1) is 35.0. The molecule has 0 spiro atoms. The molecule has 4 atom stereocenters. The zero-order chi connectivity index (χ0) is 57.5. The number of aliphatic carboxylic acids is 1. The summed E-state index contributed by atoms with van der Waals surface area (Å²) >= 11 is 0. The van der Waals surface area contributed by atoms with Crippen LogP contribution in [0.1, 0.15) is 151 Å². The summed E-state index contributed by atoms with van der Waals surface area (Å²) < 4.78 is 21.6. The number of aromatic nitrogens is 4. The lowest BCUT2D eigenvalue weighted by atomic mass is 10.0. The summed E-state index contributed by atoms with van der Waals surface area (Å²) in [5.41, 5.74) is 9.86. The highest BCUT2D eigenvalue weighted by atomic mass is 16.6. The Kier molecular flexibility index (Phi) is 21.9. The van der Waals surface area contributed by atoms with Crippen molar-refractivity contribution in [2.24, 2.45) is 0 Å². The third-order valence-corrected chi connectivity index (χ3v) is 10.2. The molecule has 0 radical (unpaired) electrons. The molecule has 0 aliphatic heterocycles. The molecule has 2 aromatic heterocycles. The lowest BCUT2D eigenvalue weighted by Crippen LogP contribution is -2.56. The van der Waals surface area contributed by atoms with Crippen molar-refractivity contribution in [1.82, 2.24) is 41.2 Å². The van der Waals surface area contributed by atoms with Gasteiger partial charge in [-0.15, -0.1) is 0 Å². The number of benzene rings is 1. The molecule has 418 valence electrons. The second-order valence-electron chi connectivity index (χ2n) is 22.0.